The van der Waals surface area contributed by atoms with Gasteiger partial charge in [-0.3, -0.25) is 4.79 Å². The zero-order chi connectivity index (χ0) is 15.7. The van der Waals surface area contributed by atoms with Crippen molar-refractivity contribution in [3.63, 3.8) is 0 Å². The number of unbranched alkanes of at least 4 members (excludes halogenated alkanes) is 1. The number of rotatable bonds is 4. The number of fused-ring (bicyclic) bond motifs is 1. The Kier molecular flexibility index (Phi) is 4.06. The lowest BCUT2D eigenvalue weighted by Crippen LogP contribution is -2.41. The van der Waals surface area contributed by atoms with Crippen LogP contribution in [0.25, 0.3) is 0 Å². The first-order chi connectivity index (χ1) is 10.6. The van der Waals surface area contributed by atoms with E-state index >= 15 is 0 Å². The molecule has 0 spiro atoms. The first-order valence-electron chi connectivity index (χ1n) is 7.49. The summed E-state index contributed by atoms with van der Waals surface area (Å²) in [5.41, 5.74) is 0.453. The molecule has 1 aliphatic heterocycles. The molecule has 1 N–H and O–H groups in total. The van der Waals surface area contributed by atoms with Crippen LogP contribution in [0.3, 0.4) is 0 Å². The zero-order valence-electron chi connectivity index (χ0n) is 12.4. The van der Waals surface area contributed by atoms with Gasteiger partial charge in [-0.25, -0.2) is 0 Å². The molecule has 0 aromatic heterocycles. The van der Waals surface area contributed by atoms with Gasteiger partial charge < -0.3 is 10.0 Å². The topological polar surface area (TPSA) is 40.5 Å². The fourth-order valence-electron chi connectivity index (χ4n) is 2.95. The molecule has 2 aromatic carbocycles. The van der Waals surface area contributed by atoms with Crippen LogP contribution in [0.4, 0.5) is 5.69 Å². The average Bonchev–Trinajstić information content (AvgIpc) is 2.75. The van der Waals surface area contributed by atoms with E-state index in [1.807, 2.05) is 36.4 Å². The summed E-state index contributed by atoms with van der Waals surface area (Å²) < 4.78 is 0.853. The highest BCUT2D eigenvalue weighted by Gasteiger charge is 2.50. The summed E-state index contributed by atoms with van der Waals surface area (Å²) in [5.74, 6) is -0.264. The molecule has 22 heavy (non-hydrogen) atoms. The Morgan fingerprint density at radius 3 is 2.59 bits per heavy atom. The third kappa shape index (κ3) is 2.27. The molecule has 1 amide bonds. The first-order valence-corrected chi connectivity index (χ1v) is 8.28. The number of carbonyl (C=O) groups excluding carboxylic acids is 1. The second kappa shape index (κ2) is 5.86. The summed E-state index contributed by atoms with van der Waals surface area (Å²) in [6.07, 6.45) is 1.91. The lowest BCUT2D eigenvalue weighted by molar-refractivity contribution is -0.132. The number of hydrogen-bond donors (Lipinski definition) is 1. The number of aliphatic hydroxyl groups is 1. The van der Waals surface area contributed by atoms with E-state index in [2.05, 4.69) is 22.9 Å². The Labute approximate surface area is 138 Å². The Balaban J connectivity index is 2.16. The number of amides is 1. The van der Waals surface area contributed by atoms with Crippen molar-refractivity contribution >= 4 is 27.5 Å². The molecule has 0 unspecified atom stereocenters. The summed E-state index contributed by atoms with van der Waals surface area (Å²) in [6.45, 7) is 2.71. The van der Waals surface area contributed by atoms with Crippen LogP contribution in [0.2, 0.25) is 0 Å². The highest BCUT2D eigenvalue weighted by atomic mass is 79.9. The molecule has 0 radical (unpaired) electrons. The number of halogens is 1. The van der Waals surface area contributed by atoms with Crippen LogP contribution in [0.1, 0.15) is 30.9 Å². The fraction of sp³-hybridized carbons (Fsp3) is 0.278. The van der Waals surface area contributed by atoms with E-state index in [0.29, 0.717) is 17.7 Å². The third-order valence-electron chi connectivity index (χ3n) is 4.12. The van der Waals surface area contributed by atoms with Gasteiger partial charge in [0, 0.05) is 16.6 Å². The molecule has 2 aromatic rings. The maximum absolute atomic E-state index is 13.0. The fourth-order valence-corrected chi connectivity index (χ4v) is 3.31. The van der Waals surface area contributed by atoms with Gasteiger partial charge in [-0.05, 0) is 30.2 Å². The van der Waals surface area contributed by atoms with E-state index in [4.69, 9.17) is 0 Å². The smallest absolute Gasteiger partial charge is 0.268 e. The Hall–Kier alpha value is -1.65. The predicted molar refractivity (Wildman–Crippen MR) is 90.8 cm³/mol. The molecule has 0 bridgehead atoms. The molecular formula is C18H18BrNO2. The summed E-state index contributed by atoms with van der Waals surface area (Å²) in [4.78, 5) is 14.7. The normalized spacial score (nSPS) is 20.3. The van der Waals surface area contributed by atoms with E-state index in [-0.39, 0.29) is 5.91 Å². The molecule has 1 aliphatic rings. The molecule has 1 atom stereocenters. The largest absolute Gasteiger partial charge is 0.372 e. The molecule has 4 heteroatoms. The van der Waals surface area contributed by atoms with Gasteiger partial charge in [0.15, 0.2) is 5.60 Å². The van der Waals surface area contributed by atoms with Crippen molar-refractivity contribution in [2.45, 2.75) is 25.4 Å². The van der Waals surface area contributed by atoms with E-state index < -0.39 is 5.60 Å². The molecule has 1 heterocycles. The number of carbonyl (C=O) groups is 1. The van der Waals surface area contributed by atoms with Gasteiger partial charge in [0.2, 0.25) is 0 Å². The van der Waals surface area contributed by atoms with E-state index in [1.165, 1.54) is 0 Å². The maximum atomic E-state index is 13.0. The summed E-state index contributed by atoms with van der Waals surface area (Å²) >= 11 is 3.44. The van der Waals surface area contributed by atoms with Crippen LogP contribution in [0.5, 0.6) is 0 Å². The zero-order valence-corrected chi connectivity index (χ0v) is 14.0. The number of hydrogen-bond acceptors (Lipinski definition) is 2. The highest BCUT2D eigenvalue weighted by molar-refractivity contribution is 9.10. The Morgan fingerprint density at radius 1 is 1.18 bits per heavy atom. The van der Waals surface area contributed by atoms with Crippen molar-refractivity contribution in [3.05, 3.63) is 64.1 Å². The molecule has 3 rings (SSSR count). The van der Waals surface area contributed by atoms with Gasteiger partial charge in [-0.2, -0.15) is 0 Å². The van der Waals surface area contributed by atoms with Gasteiger partial charge in [-0.15, -0.1) is 0 Å². The molecule has 0 fully saturated rings. The quantitative estimate of drug-likeness (QED) is 0.900. The van der Waals surface area contributed by atoms with E-state index in [1.54, 1.807) is 17.0 Å². The van der Waals surface area contributed by atoms with Crippen molar-refractivity contribution in [2.75, 3.05) is 11.4 Å². The van der Waals surface area contributed by atoms with E-state index in [0.717, 1.165) is 23.0 Å². The van der Waals surface area contributed by atoms with Crippen molar-refractivity contribution in [1.82, 2.24) is 0 Å². The van der Waals surface area contributed by atoms with Gasteiger partial charge in [0.25, 0.3) is 5.91 Å². The number of benzene rings is 2. The molecule has 3 nitrogen and oxygen atoms in total. The minimum absolute atomic E-state index is 0.264. The minimum atomic E-state index is -1.60. The van der Waals surface area contributed by atoms with Crippen LogP contribution in [-0.2, 0) is 10.4 Å². The van der Waals surface area contributed by atoms with Crippen molar-refractivity contribution in [3.8, 4) is 0 Å². The predicted octanol–water partition coefficient (Wildman–Crippen LogP) is 3.83. The van der Waals surface area contributed by atoms with Crippen LogP contribution in [0, 0.1) is 0 Å². The second-order valence-corrected chi connectivity index (χ2v) is 6.46. The van der Waals surface area contributed by atoms with Crippen LogP contribution in [0.15, 0.2) is 53.0 Å². The molecule has 0 saturated carbocycles. The van der Waals surface area contributed by atoms with Crippen LogP contribution < -0.4 is 4.90 Å². The lowest BCUT2D eigenvalue weighted by Gasteiger charge is -2.23. The monoisotopic (exact) mass is 359 g/mol. The molecule has 114 valence electrons. The second-order valence-electron chi connectivity index (χ2n) is 5.55. The van der Waals surface area contributed by atoms with Crippen molar-refractivity contribution < 1.29 is 9.90 Å². The third-order valence-corrected chi connectivity index (χ3v) is 4.61. The van der Waals surface area contributed by atoms with Gasteiger partial charge >= 0.3 is 0 Å². The molecule has 0 saturated heterocycles. The Morgan fingerprint density at radius 2 is 1.91 bits per heavy atom. The SMILES string of the molecule is CCCCN1C(=O)[C@@](O)(c2ccccc2)c2cc(Br)ccc21. The lowest BCUT2D eigenvalue weighted by atomic mass is 9.87. The van der Waals surface area contributed by atoms with Gasteiger partial charge in [0.1, 0.15) is 0 Å². The van der Waals surface area contributed by atoms with Crippen molar-refractivity contribution in [1.29, 1.82) is 0 Å². The summed E-state index contributed by atoms with van der Waals surface area (Å²) in [7, 11) is 0. The minimum Gasteiger partial charge on any atom is -0.372 e. The van der Waals surface area contributed by atoms with Gasteiger partial charge in [0.05, 0.1) is 5.69 Å². The number of nitrogens with zero attached hydrogens (tertiary/aromatic N) is 1. The van der Waals surface area contributed by atoms with Crippen LogP contribution in [-0.4, -0.2) is 17.6 Å². The average molecular weight is 360 g/mol. The maximum Gasteiger partial charge on any atom is 0.268 e. The number of anilines is 1. The summed E-state index contributed by atoms with van der Waals surface area (Å²) in [6, 6.07) is 14.8. The summed E-state index contributed by atoms with van der Waals surface area (Å²) in [5, 5.41) is 11.3. The van der Waals surface area contributed by atoms with Crippen molar-refractivity contribution in [2.24, 2.45) is 0 Å². The van der Waals surface area contributed by atoms with E-state index in [9.17, 15) is 9.90 Å². The highest BCUT2D eigenvalue weighted by Crippen LogP contribution is 2.45. The first kappa shape index (κ1) is 15.3. The van der Waals surface area contributed by atoms with Gasteiger partial charge in [-0.1, -0.05) is 59.6 Å². The molecular weight excluding hydrogens is 342 g/mol. The van der Waals surface area contributed by atoms with Crippen LogP contribution >= 0.6 is 15.9 Å². The molecule has 0 aliphatic carbocycles. The Bertz CT molecular complexity index is 701. The standard InChI is InChI=1S/C18H18BrNO2/c1-2-3-11-20-16-10-9-14(19)12-15(16)18(22,17(20)21)13-7-5-4-6-8-13/h4-10,12,22H,2-3,11H2,1H3/t18-/m1/s1.